The van der Waals surface area contributed by atoms with Gasteiger partial charge in [-0.15, -0.1) is 0 Å². The standard InChI is InChI=1S/C21H24BNO7/c1-4-29-21(25)16-7-5-6-13-11-18(22(26)30-20(13)16)23-19(24)12-14-10-15(27-2)8-9-17(14)28-3/h5-10,18,26H,4,11-12H2,1-3H3,(H,23,24)/t18-/m0/s1. The first kappa shape index (κ1) is 21.5. The second-order valence-electron chi connectivity index (χ2n) is 6.76. The van der Waals surface area contributed by atoms with Crippen LogP contribution >= 0.6 is 0 Å². The van der Waals surface area contributed by atoms with E-state index in [9.17, 15) is 14.6 Å². The fourth-order valence-electron chi connectivity index (χ4n) is 3.37. The molecule has 0 aromatic heterocycles. The number of para-hydroxylation sites is 1. The predicted molar refractivity (Wildman–Crippen MR) is 110 cm³/mol. The number of carbonyl (C=O) groups excluding carboxylic acids is 2. The summed E-state index contributed by atoms with van der Waals surface area (Å²) in [6.07, 6.45) is 0.351. The zero-order chi connectivity index (χ0) is 21.7. The van der Waals surface area contributed by atoms with Gasteiger partial charge < -0.3 is 29.2 Å². The van der Waals surface area contributed by atoms with Crippen molar-refractivity contribution < 1.29 is 33.5 Å². The van der Waals surface area contributed by atoms with Crippen molar-refractivity contribution in [3.05, 3.63) is 53.1 Å². The SMILES string of the molecule is CCOC(=O)c1cccc2c1OB(O)[C@@H](NC(=O)Cc1cc(OC)ccc1OC)C2. The van der Waals surface area contributed by atoms with Gasteiger partial charge in [-0.3, -0.25) is 4.79 Å². The summed E-state index contributed by atoms with van der Waals surface area (Å²) in [5.41, 5.74) is 1.61. The average Bonchev–Trinajstić information content (AvgIpc) is 2.74. The lowest BCUT2D eigenvalue weighted by Gasteiger charge is -2.29. The highest BCUT2D eigenvalue weighted by atomic mass is 16.5. The number of hydrogen-bond acceptors (Lipinski definition) is 7. The zero-order valence-corrected chi connectivity index (χ0v) is 17.1. The van der Waals surface area contributed by atoms with Crippen LogP contribution in [0.15, 0.2) is 36.4 Å². The van der Waals surface area contributed by atoms with Crippen LogP contribution in [0, 0.1) is 0 Å². The maximum atomic E-state index is 12.6. The molecule has 8 nitrogen and oxygen atoms in total. The molecule has 0 saturated heterocycles. The number of amides is 1. The van der Waals surface area contributed by atoms with Gasteiger partial charge in [0.05, 0.1) is 33.2 Å². The van der Waals surface area contributed by atoms with Crippen molar-refractivity contribution in [3.63, 3.8) is 0 Å². The van der Waals surface area contributed by atoms with Gasteiger partial charge >= 0.3 is 13.1 Å². The van der Waals surface area contributed by atoms with Crippen LogP contribution in [-0.2, 0) is 22.4 Å². The fraction of sp³-hybridized carbons (Fsp3) is 0.333. The molecule has 2 aromatic rings. The van der Waals surface area contributed by atoms with Crippen LogP contribution in [0.25, 0.3) is 0 Å². The van der Waals surface area contributed by atoms with Gasteiger partial charge in [0.15, 0.2) is 0 Å². The molecule has 9 heteroatoms. The minimum absolute atomic E-state index is 0.0410. The molecular weight excluding hydrogens is 389 g/mol. The van der Waals surface area contributed by atoms with Gasteiger partial charge in [0.1, 0.15) is 22.8 Å². The van der Waals surface area contributed by atoms with E-state index in [-0.39, 0.29) is 30.2 Å². The molecule has 1 aliphatic heterocycles. The molecule has 0 radical (unpaired) electrons. The van der Waals surface area contributed by atoms with E-state index >= 15 is 0 Å². The van der Waals surface area contributed by atoms with Crippen molar-refractivity contribution in [2.45, 2.75) is 25.7 Å². The van der Waals surface area contributed by atoms with Gasteiger partial charge in [0.2, 0.25) is 5.91 Å². The number of benzene rings is 2. The Morgan fingerprint density at radius 2 is 2.03 bits per heavy atom. The number of ether oxygens (including phenoxy) is 3. The Hall–Kier alpha value is -3.20. The number of esters is 1. The van der Waals surface area contributed by atoms with E-state index < -0.39 is 19.0 Å². The number of fused-ring (bicyclic) bond motifs is 1. The largest absolute Gasteiger partial charge is 0.547 e. The Balaban J connectivity index is 1.73. The zero-order valence-electron chi connectivity index (χ0n) is 17.1. The van der Waals surface area contributed by atoms with E-state index in [0.717, 1.165) is 0 Å². The second-order valence-corrected chi connectivity index (χ2v) is 6.76. The summed E-state index contributed by atoms with van der Waals surface area (Å²) in [5, 5.41) is 13.2. The lowest BCUT2D eigenvalue weighted by molar-refractivity contribution is -0.120. The fourth-order valence-corrected chi connectivity index (χ4v) is 3.37. The van der Waals surface area contributed by atoms with Crippen molar-refractivity contribution >= 4 is 19.0 Å². The molecule has 1 atom stereocenters. The maximum Gasteiger partial charge on any atom is 0.547 e. The maximum absolute atomic E-state index is 12.6. The molecule has 0 spiro atoms. The number of rotatable bonds is 7. The monoisotopic (exact) mass is 413 g/mol. The number of carbonyl (C=O) groups is 2. The van der Waals surface area contributed by atoms with E-state index in [2.05, 4.69) is 5.32 Å². The molecule has 0 fully saturated rings. The Morgan fingerprint density at radius 3 is 2.73 bits per heavy atom. The molecule has 0 bridgehead atoms. The van der Waals surface area contributed by atoms with Gasteiger partial charge in [-0.25, -0.2) is 4.79 Å². The summed E-state index contributed by atoms with van der Waals surface area (Å²) < 4.78 is 21.1. The van der Waals surface area contributed by atoms with Crippen LogP contribution < -0.4 is 19.4 Å². The van der Waals surface area contributed by atoms with Crippen LogP contribution in [0.5, 0.6) is 17.2 Å². The third kappa shape index (κ3) is 4.68. The summed E-state index contributed by atoms with van der Waals surface area (Å²) in [6.45, 7) is 1.95. The number of hydrogen-bond donors (Lipinski definition) is 2. The Labute approximate surface area is 175 Å². The molecule has 1 heterocycles. The lowest BCUT2D eigenvalue weighted by Crippen LogP contribution is -2.53. The molecule has 0 saturated carbocycles. The first-order valence-electron chi connectivity index (χ1n) is 9.60. The van der Waals surface area contributed by atoms with E-state index in [1.165, 1.54) is 7.11 Å². The van der Waals surface area contributed by atoms with Crippen LogP contribution in [0.4, 0.5) is 0 Å². The smallest absolute Gasteiger partial charge is 0.534 e. The highest BCUT2D eigenvalue weighted by Crippen LogP contribution is 2.31. The molecule has 1 amide bonds. The molecular formula is C21H24BNO7. The summed E-state index contributed by atoms with van der Waals surface area (Å²) >= 11 is 0. The Bertz CT molecular complexity index is 934. The van der Waals surface area contributed by atoms with Gasteiger partial charge in [-0.1, -0.05) is 12.1 Å². The molecule has 0 unspecified atom stereocenters. The van der Waals surface area contributed by atoms with Gasteiger partial charge in [0, 0.05) is 5.56 Å². The van der Waals surface area contributed by atoms with Crippen molar-refractivity contribution in [3.8, 4) is 17.2 Å². The van der Waals surface area contributed by atoms with E-state index in [1.807, 2.05) is 0 Å². The van der Waals surface area contributed by atoms with Crippen molar-refractivity contribution in [1.29, 1.82) is 0 Å². The highest BCUT2D eigenvalue weighted by Gasteiger charge is 2.38. The van der Waals surface area contributed by atoms with E-state index in [1.54, 1.807) is 50.4 Å². The molecule has 3 rings (SSSR count). The van der Waals surface area contributed by atoms with Crippen molar-refractivity contribution in [1.82, 2.24) is 5.32 Å². The predicted octanol–water partition coefficient (Wildman–Crippen LogP) is 1.56. The van der Waals surface area contributed by atoms with Gasteiger partial charge in [-0.2, -0.15) is 0 Å². The third-order valence-corrected chi connectivity index (χ3v) is 4.80. The second kappa shape index (κ2) is 9.54. The summed E-state index contributed by atoms with van der Waals surface area (Å²) in [4.78, 5) is 24.7. The minimum Gasteiger partial charge on any atom is -0.534 e. The Kier molecular flexibility index (Phi) is 6.84. The van der Waals surface area contributed by atoms with Crippen LogP contribution in [0.2, 0.25) is 0 Å². The Morgan fingerprint density at radius 1 is 1.23 bits per heavy atom. The van der Waals surface area contributed by atoms with E-state index in [0.29, 0.717) is 29.0 Å². The molecule has 158 valence electrons. The first-order chi connectivity index (χ1) is 14.5. The third-order valence-electron chi connectivity index (χ3n) is 4.80. The summed E-state index contributed by atoms with van der Waals surface area (Å²) in [7, 11) is 1.77. The van der Waals surface area contributed by atoms with Crippen LogP contribution in [0.3, 0.4) is 0 Å². The topological polar surface area (TPSA) is 103 Å². The highest BCUT2D eigenvalue weighted by molar-refractivity contribution is 6.47. The quantitative estimate of drug-likeness (QED) is 0.525. The minimum atomic E-state index is -1.30. The summed E-state index contributed by atoms with van der Waals surface area (Å²) in [5.74, 6) is -0.0355. The normalized spacial score (nSPS) is 14.9. The molecule has 1 aliphatic rings. The molecule has 30 heavy (non-hydrogen) atoms. The van der Waals surface area contributed by atoms with Crippen LogP contribution in [0.1, 0.15) is 28.4 Å². The summed E-state index contributed by atoms with van der Waals surface area (Å²) in [6, 6.07) is 10.3. The molecule has 2 aromatic carbocycles. The van der Waals surface area contributed by atoms with E-state index in [4.69, 9.17) is 18.9 Å². The van der Waals surface area contributed by atoms with Crippen molar-refractivity contribution in [2.75, 3.05) is 20.8 Å². The first-order valence-corrected chi connectivity index (χ1v) is 9.60. The number of methoxy groups -OCH3 is 2. The van der Waals surface area contributed by atoms with Crippen LogP contribution in [-0.4, -0.2) is 50.8 Å². The average molecular weight is 413 g/mol. The molecule has 2 N–H and O–H groups in total. The lowest BCUT2D eigenvalue weighted by atomic mass is 9.72. The van der Waals surface area contributed by atoms with Crippen molar-refractivity contribution in [2.24, 2.45) is 0 Å². The van der Waals surface area contributed by atoms with Gasteiger partial charge in [0.25, 0.3) is 0 Å². The van der Waals surface area contributed by atoms with Gasteiger partial charge in [-0.05, 0) is 43.2 Å². The molecule has 0 aliphatic carbocycles. The number of nitrogens with one attached hydrogen (secondary N) is 1.